The van der Waals surface area contributed by atoms with Crippen LogP contribution in [0.2, 0.25) is 0 Å². The molecule has 32 heavy (non-hydrogen) atoms. The molecule has 0 radical (unpaired) electrons. The standard InChI is InChI=1S/C22H22N6O3S/c23-13-18-17-6-9-28(22(30)31-12-11-27-10-8-24-15-27)14-19(17)32-21(18)26-20(29)5-4-16-3-1-2-7-25-16/h1-3,7-8,10,15H,4-6,9,11-12,14H2,(H,26,29). The number of nitrogens with zero attached hydrogens (tertiary/aromatic N) is 5. The van der Waals surface area contributed by atoms with Gasteiger partial charge in [-0.15, -0.1) is 11.3 Å². The van der Waals surface area contributed by atoms with Gasteiger partial charge in [-0.3, -0.25) is 9.78 Å². The lowest BCUT2D eigenvalue weighted by molar-refractivity contribution is -0.116. The first-order valence-corrected chi connectivity index (χ1v) is 11.1. The molecule has 9 nitrogen and oxygen atoms in total. The van der Waals surface area contributed by atoms with Gasteiger partial charge in [0.15, 0.2) is 0 Å². The molecule has 1 N–H and O–H groups in total. The topological polar surface area (TPSA) is 113 Å². The van der Waals surface area contributed by atoms with Crippen LogP contribution in [0.3, 0.4) is 0 Å². The van der Waals surface area contributed by atoms with Crippen LogP contribution in [-0.4, -0.2) is 44.6 Å². The molecule has 0 aliphatic carbocycles. The summed E-state index contributed by atoms with van der Waals surface area (Å²) in [7, 11) is 0. The molecular formula is C22H22N6O3S. The van der Waals surface area contributed by atoms with Gasteiger partial charge in [-0.1, -0.05) is 6.07 Å². The predicted octanol–water partition coefficient (Wildman–Crippen LogP) is 2.98. The van der Waals surface area contributed by atoms with Gasteiger partial charge >= 0.3 is 6.09 Å². The molecule has 164 valence electrons. The maximum Gasteiger partial charge on any atom is 0.410 e. The summed E-state index contributed by atoms with van der Waals surface area (Å²) < 4.78 is 7.21. The second kappa shape index (κ2) is 10.1. The summed E-state index contributed by atoms with van der Waals surface area (Å²) in [5.41, 5.74) is 2.24. The molecule has 0 bridgehead atoms. The minimum Gasteiger partial charge on any atom is -0.448 e. The third-order valence-corrected chi connectivity index (χ3v) is 6.28. The van der Waals surface area contributed by atoms with Gasteiger partial charge < -0.3 is 19.5 Å². The second-order valence-corrected chi connectivity index (χ2v) is 8.38. The molecule has 0 spiro atoms. The van der Waals surface area contributed by atoms with Gasteiger partial charge in [-0.25, -0.2) is 9.78 Å². The van der Waals surface area contributed by atoms with Crippen LogP contribution in [0, 0.1) is 11.3 Å². The number of pyridine rings is 1. The first-order chi connectivity index (χ1) is 15.6. The molecular weight excluding hydrogens is 428 g/mol. The van der Waals surface area contributed by atoms with E-state index in [-0.39, 0.29) is 25.0 Å². The van der Waals surface area contributed by atoms with Crippen LogP contribution in [0.15, 0.2) is 43.1 Å². The number of ether oxygens (including phenoxy) is 1. The third kappa shape index (κ3) is 5.12. The lowest BCUT2D eigenvalue weighted by Gasteiger charge is -2.26. The summed E-state index contributed by atoms with van der Waals surface area (Å²) in [6, 6.07) is 7.81. The highest BCUT2D eigenvalue weighted by molar-refractivity contribution is 7.16. The smallest absolute Gasteiger partial charge is 0.410 e. The minimum atomic E-state index is -0.386. The van der Waals surface area contributed by atoms with Crippen LogP contribution in [0.1, 0.15) is 28.1 Å². The van der Waals surface area contributed by atoms with Crippen molar-refractivity contribution in [2.45, 2.75) is 32.4 Å². The molecule has 0 saturated heterocycles. The van der Waals surface area contributed by atoms with E-state index in [0.29, 0.717) is 43.0 Å². The van der Waals surface area contributed by atoms with E-state index in [2.05, 4.69) is 21.4 Å². The number of amides is 2. The molecule has 10 heteroatoms. The number of carbonyl (C=O) groups excluding carboxylic acids is 2. The van der Waals surface area contributed by atoms with Crippen molar-refractivity contribution in [1.82, 2.24) is 19.4 Å². The lowest BCUT2D eigenvalue weighted by Crippen LogP contribution is -2.36. The Labute approximate surface area is 189 Å². The Morgan fingerprint density at radius 3 is 2.97 bits per heavy atom. The van der Waals surface area contributed by atoms with E-state index in [9.17, 15) is 14.9 Å². The van der Waals surface area contributed by atoms with E-state index >= 15 is 0 Å². The highest BCUT2D eigenvalue weighted by Crippen LogP contribution is 2.36. The number of thiophene rings is 1. The summed E-state index contributed by atoms with van der Waals surface area (Å²) >= 11 is 1.35. The van der Waals surface area contributed by atoms with Crippen LogP contribution < -0.4 is 5.32 Å². The van der Waals surface area contributed by atoms with Gasteiger partial charge in [0.25, 0.3) is 0 Å². The van der Waals surface area contributed by atoms with Crippen molar-refractivity contribution in [2.75, 3.05) is 18.5 Å². The molecule has 0 saturated carbocycles. The van der Waals surface area contributed by atoms with Gasteiger partial charge in [-0.05, 0) is 30.5 Å². The average molecular weight is 451 g/mol. The number of hydrogen-bond donors (Lipinski definition) is 1. The second-order valence-electron chi connectivity index (χ2n) is 7.28. The molecule has 3 aromatic heterocycles. The molecule has 0 aromatic carbocycles. The highest BCUT2D eigenvalue weighted by Gasteiger charge is 2.28. The SMILES string of the molecule is N#Cc1c(NC(=O)CCc2ccccn2)sc2c1CCN(C(=O)OCCn1ccnc1)C2. The largest absolute Gasteiger partial charge is 0.448 e. The summed E-state index contributed by atoms with van der Waals surface area (Å²) in [6.45, 7) is 1.62. The number of hydrogen-bond acceptors (Lipinski definition) is 7. The highest BCUT2D eigenvalue weighted by atomic mass is 32.1. The Morgan fingerprint density at radius 1 is 1.31 bits per heavy atom. The van der Waals surface area contributed by atoms with E-state index in [4.69, 9.17) is 4.74 Å². The van der Waals surface area contributed by atoms with Crippen molar-refractivity contribution in [1.29, 1.82) is 5.26 Å². The number of fused-ring (bicyclic) bond motifs is 1. The van der Waals surface area contributed by atoms with Gasteiger partial charge in [0.1, 0.15) is 17.7 Å². The Morgan fingerprint density at radius 2 is 2.22 bits per heavy atom. The maximum atomic E-state index is 12.4. The molecule has 3 aromatic rings. The third-order valence-electron chi connectivity index (χ3n) is 5.15. The number of nitriles is 1. The Balaban J connectivity index is 1.34. The monoisotopic (exact) mass is 450 g/mol. The number of imidazole rings is 1. The van der Waals surface area contributed by atoms with Crippen molar-refractivity contribution in [3.63, 3.8) is 0 Å². The quantitative estimate of drug-likeness (QED) is 0.592. The van der Waals surface area contributed by atoms with Crippen LogP contribution in [0.4, 0.5) is 9.80 Å². The van der Waals surface area contributed by atoms with Crippen molar-refractivity contribution in [3.8, 4) is 6.07 Å². The molecule has 4 heterocycles. The van der Waals surface area contributed by atoms with E-state index in [1.54, 1.807) is 23.6 Å². The van der Waals surface area contributed by atoms with E-state index in [1.165, 1.54) is 11.3 Å². The van der Waals surface area contributed by atoms with E-state index in [0.717, 1.165) is 16.1 Å². The van der Waals surface area contributed by atoms with Crippen molar-refractivity contribution >= 4 is 28.3 Å². The van der Waals surface area contributed by atoms with E-state index in [1.807, 2.05) is 29.0 Å². The normalized spacial score (nSPS) is 12.7. The fraction of sp³-hybridized carbons (Fsp3) is 0.318. The number of rotatable bonds is 7. The van der Waals surface area contributed by atoms with Gasteiger partial charge in [0, 0.05) is 42.1 Å². The van der Waals surface area contributed by atoms with Crippen LogP contribution >= 0.6 is 11.3 Å². The van der Waals surface area contributed by atoms with Gasteiger partial charge in [-0.2, -0.15) is 5.26 Å². The molecule has 2 amide bonds. The van der Waals surface area contributed by atoms with E-state index < -0.39 is 0 Å². The van der Waals surface area contributed by atoms with Gasteiger partial charge in [0.05, 0.1) is 25.0 Å². The number of carbonyl (C=O) groups is 2. The number of nitrogens with one attached hydrogen (secondary N) is 1. The minimum absolute atomic E-state index is 0.165. The molecule has 1 aliphatic rings. The number of anilines is 1. The first-order valence-electron chi connectivity index (χ1n) is 10.3. The number of aryl methyl sites for hydroxylation is 1. The summed E-state index contributed by atoms with van der Waals surface area (Å²) in [4.78, 5) is 35.6. The summed E-state index contributed by atoms with van der Waals surface area (Å²) in [6.07, 6.45) is 7.82. The zero-order valence-corrected chi connectivity index (χ0v) is 18.2. The van der Waals surface area contributed by atoms with Gasteiger partial charge in [0.2, 0.25) is 5.91 Å². The van der Waals surface area contributed by atoms with Crippen molar-refractivity contribution < 1.29 is 14.3 Å². The Bertz CT molecular complexity index is 1120. The first kappa shape index (κ1) is 21.5. The lowest BCUT2D eigenvalue weighted by atomic mass is 10.0. The van der Waals surface area contributed by atoms with Crippen molar-refractivity contribution in [3.05, 3.63) is 64.8 Å². The van der Waals surface area contributed by atoms with Crippen LogP contribution in [0.25, 0.3) is 0 Å². The number of aromatic nitrogens is 3. The maximum absolute atomic E-state index is 12.4. The fourth-order valence-electron chi connectivity index (χ4n) is 3.49. The zero-order chi connectivity index (χ0) is 22.3. The summed E-state index contributed by atoms with van der Waals surface area (Å²) in [5, 5.41) is 13.1. The Kier molecular flexibility index (Phi) is 6.77. The molecule has 0 atom stereocenters. The van der Waals surface area contributed by atoms with Crippen LogP contribution in [-0.2, 0) is 35.5 Å². The summed E-state index contributed by atoms with van der Waals surface area (Å²) in [5.74, 6) is -0.165. The molecule has 1 aliphatic heterocycles. The zero-order valence-electron chi connectivity index (χ0n) is 17.4. The fourth-order valence-corrected chi connectivity index (χ4v) is 4.72. The van der Waals surface area contributed by atoms with Crippen LogP contribution in [0.5, 0.6) is 0 Å². The Hall–Kier alpha value is -3.71. The average Bonchev–Trinajstić information content (AvgIpc) is 3.45. The molecule has 0 unspecified atom stereocenters. The molecule has 4 rings (SSSR count). The predicted molar refractivity (Wildman–Crippen MR) is 118 cm³/mol. The molecule has 0 fully saturated rings. The van der Waals surface area contributed by atoms with Crippen molar-refractivity contribution in [2.24, 2.45) is 0 Å².